The molecule has 1 aromatic rings. The van der Waals surface area contributed by atoms with Gasteiger partial charge in [-0.05, 0) is 29.9 Å². The molecule has 0 saturated heterocycles. The van der Waals surface area contributed by atoms with E-state index in [1.165, 1.54) is 18.3 Å². The van der Waals surface area contributed by atoms with Crippen molar-refractivity contribution in [2.75, 3.05) is 0 Å². The average molecular weight is 241 g/mol. The highest BCUT2D eigenvalue weighted by Crippen LogP contribution is 2.24. The Balaban J connectivity index is 2.81. The highest BCUT2D eigenvalue weighted by atomic mass is 32.1. The minimum Gasteiger partial charge on any atom is -0.480 e. The summed E-state index contributed by atoms with van der Waals surface area (Å²) in [6.07, 6.45) is 0. The molecule has 0 aliphatic rings. The molecule has 2 N–H and O–H groups in total. The van der Waals surface area contributed by atoms with Crippen LogP contribution in [0.3, 0.4) is 0 Å². The number of thiophene rings is 1. The minimum absolute atomic E-state index is 0.257. The van der Waals surface area contributed by atoms with E-state index in [1.54, 1.807) is 0 Å². The first-order valence-corrected chi connectivity index (χ1v) is 5.92. The molecular formula is C11H15NO3S. The van der Waals surface area contributed by atoms with Crippen molar-refractivity contribution in [3.8, 4) is 0 Å². The van der Waals surface area contributed by atoms with Crippen LogP contribution in [0.25, 0.3) is 0 Å². The standard InChI is InChI=1S/C11H15NO3S/c1-6(2)8-4-5-16-9(8)10(13)12-7(3)11(14)15/h4-7H,1-3H3,(H,12,13)(H,14,15)/t7-/m0/s1. The van der Waals surface area contributed by atoms with E-state index in [-0.39, 0.29) is 11.8 Å². The van der Waals surface area contributed by atoms with Crippen molar-refractivity contribution < 1.29 is 14.7 Å². The van der Waals surface area contributed by atoms with E-state index in [0.29, 0.717) is 4.88 Å². The Labute approximate surface area is 98.3 Å². The smallest absolute Gasteiger partial charge is 0.325 e. The van der Waals surface area contributed by atoms with Crippen LogP contribution in [-0.4, -0.2) is 23.0 Å². The maximum Gasteiger partial charge on any atom is 0.325 e. The molecule has 0 bridgehead atoms. The van der Waals surface area contributed by atoms with Crippen LogP contribution in [0.1, 0.15) is 41.9 Å². The first-order valence-electron chi connectivity index (χ1n) is 5.04. The lowest BCUT2D eigenvalue weighted by molar-refractivity contribution is -0.138. The number of amides is 1. The second-order valence-corrected chi connectivity index (χ2v) is 4.81. The highest BCUT2D eigenvalue weighted by molar-refractivity contribution is 7.12. The molecule has 1 heterocycles. The molecule has 1 atom stereocenters. The third-order valence-electron chi connectivity index (χ3n) is 2.24. The van der Waals surface area contributed by atoms with Gasteiger partial charge in [0.15, 0.2) is 0 Å². The number of nitrogens with one attached hydrogen (secondary N) is 1. The zero-order valence-electron chi connectivity index (χ0n) is 9.48. The van der Waals surface area contributed by atoms with Gasteiger partial charge in [-0.3, -0.25) is 9.59 Å². The van der Waals surface area contributed by atoms with Crippen molar-refractivity contribution in [2.45, 2.75) is 32.7 Å². The SMILES string of the molecule is CC(C)c1ccsc1C(=O)N[C@@H](C)C(=O)O. The highest BCUT2D eigenvalue weighted by Gasteiger charge is 2.19. The number of aliphatic carboxylic acids is 1. The van der Waals surface area contributed by atoms with Crippen LogP contribution < -0.4 is 5.32 Å². The van der Waals surface area contributed by atoms with Crippen molar-refractivity contribution in [1.29, 1.82) is 0 Å². The fraction of sp³-hybridized carbons (Fsp3) is 0.455. The molecule has 5 heteroatoms. The number of carbonyl (C=O) groups excluding carboxylic acids is 1. The Kier molecular flexibility index (Phi) is 4.06. The third-order valence-corrected chi connectivity index (χ3v) is 3.17. The van der Waals surface area contributed by atoms with Crippen molar-refractivity contribution >= 4 is 23.2 Å². The molecule has 0 radical (unpaired) electrons. The molecule has 0 aromatic carbocycles. The van der Waals surface area contributed by atoms with Gasteiger partial charge in [0.1, 0.15) is 6.04 Å². The van der Waals surface area contributed by atoms with E-state index in [4.69, 9.17) is 5.11 Å². The largest absolute Gasteiger partial charge is 0.480 e. The summed E-state index contributed by atoms with van der Waals surface area (Å²) in [5.41, 5.74) is 0.958. The summed E-state index contributed by atoms with van der Waals surface area (Å²) in [5.74, 6) is -1.09. The van der Waals surface area contributed by atoms with Crippen LogP contribution >= 0.6 is 11.3 Å². The molecular weight excluding hydrogens is 226 g/mol. The fourth-order valence-corrected chi connectivity index (χ4v) is 2.24. The topological polar surface area (TPSA) is 66.4 Å². The summed E-state index contributed by atoms with van der Waals surface area (Å²) in [7, 11) is 0. The molecule has 0 saturated carbocycles. The van der Waals surface area contributed by atoms with E-state index in [2.05, 4.69) is 5.32 Å². The van der Waals surface area contributed by atoms with E-state index in [1.807, 2.05) is 25.3 Å². The second-order valence-electron chi connectivity index (χ2n) is 3.89. The molecule has 0 aliphatic carbocycles. The minimum atomic E-state index is -1.03. The predicted octanol–water partition coefficient (Wildman–Crippen LogP) is 2.07. The lowest BCUT2D eigenvalue weighted by atomic mass is 10.0. The number of hydrogen-bond acceptors (Lipinski definition) is 3. The number of hydrogen-bond donors (Lipinski definition) is 2. The van der Waals surface area contributed by atoms with Crippen LogP contribution in [0.2, 0.25) is 0 Å². The van der Waals surface area contributed by atoms with E-state index >= 15 is 0 Å². The van der Waals surface area contributed by atoms with Crippen molar-refractivity contribution in [1.82, 2.24) is 5.32 Å². The monoisotopic (exact) mass is 241 g/mol. The Bertz CT molecular complexity index is 398. The lowest BCUT2D eigenvalue weighted by Gasteiger charge is -2.10. The van der Waals surface area contributed by atoms with Gasteiger partial charge in [-0.1, -0.05) is 13.8 Å². The third kappa shape index (κ3) is 2.82. The number of rotatable bonds is 4. The van der Waals surface area contributed by atoms with Gasteiger partial charge in [-0.2, -0.15) is 0 Å². The van der Waals surface area contributed by atoms with Crippen LogP contribution in [0.5, 0.6) is 0 Å². The quantitative estimate of drug-likeness (QED) is 0.848. The van der Waals surface area contributed by atoms with Gasteiger partial charge < -0.3 is 10.4 Å². The Morgan fingerprint density at radius 1 is 1.38 bits per heavy atom. The van der Waals surface area contributed by atoms with Gasteiger partial charge in [-0.15, -0.1) is 11.3 Å². The van der Waals surface area contributed by atoms with Gasteiger partial charge in [0.05, 0.1) is 4.88 Å². The molecule has 0 spiro atoms. The summed E-state index contributed by atoms with van der Waals surface area (Å²) < 4.78 is 0. The molecule has 1 aromatic heterocycles. The van der Waals surface area contributed by atoms with Gasteiger partial charge in [0, 0.05) is 0 Å². The Morgan fingerprint density at radius 3 is 2.50 bits per heavy atom. The average Bonchev–Trinajstić information content (AvgIpc) is 2.65. The molecule has 16 heavy (non-hydrogen) atoms. The van der Waals surface area contributed by atoms with E-state index in [9.17, 15) is 9.59 Å². The van der Waals surface area contributed by atoms with E-state index < -0.39 is 12.0 Å². The summed E-state index contributed by atoms with van der Waals surface area (Å²) in [5, 5.41) is 13.0. The van der Waals surface area contributed by atoms with Crippen LogP contribution in [0.15, 0.2) is 11.4 Å². The zero-order chi connectivity index (χ0) is 12.3. The van der Waals surface area contributed by atoms with Gasteiger partial charge >= 0.3 is 5.97 Å². The van der Waals surface area contributed by atoms with Crippen LogP contribution in [0, 0.1) is 0 Å². The van der Waals surface area contributed by atoms with Crippen LogP contribution in [0.4, 0.5) is 0 Å². The molecule has 4 nitrogen and oxygen atoms in total. The van der Waals surface area contributed by atoms with Gasteiger partial charge in [0.2, 0.25) is 0 Å². The van der Waals surface area contributed by atoms with Gasteiger partial charge in [-0.25, -0.2) is 0 Å². The number of carboxylic acids is 1. The maximum atomic E-state index is 11.8. The summed E-state index contributed by atoms with van der Waals surface area (Å²) in [6, 6.07) is 1.03. The first-order chi connectivity index (χ1) is 7.43. The van der Waals surface area contributed by atoms with Crippen molar-refractivity contribution in [2.24, 2.45) is 0 Å². The molecule has 88 valence electrons. The molecule has 0 fully saturated rings. The second kappa shape index (κ2) is 5.12. The number of carboxylic acid groups (broad SMARTS) is 1. The summed E-state index contributed by atoms with van der Waals surface area (Å²) in [4.78, 5) is 23.0. The maximum absolute atomic E-state index is 11.8. The lowest BCUT2D eigenvalue weighted by Crippen LogP contribution is -2.38. The first kappa shape index (κ1) is 12.7. The summed E-state index contributed by atoms with van der Waals surface area (Å²) >= 11 is 1.33. The molecule has 1 rings (SSSR count). The van der Waals surface area contributed by atoms with Crippen LogP contribution in [-0.2, 0) is 4.79 Å². The summed E-state index contributed by atoms with van der Waals surface area (Å²) in [6.45, 7) is 5.45. The van der Waals surface area contributed by atoms with Crippen molar-refractivity contribution in [3.05, 3.63) is 21.9 Å². The zero-order valence-corrected chi connectivity index (χ0v) is 10.3. The predicted molar refractivity (Wildman–Crippen MR) is 63.0 cm³/mol. The number of carbonyl (C=O) groups is 2. The van der Waals surface area contributed by atoms with Gasteiger partial charge in [0.25, 0.3) is 5.91 Å². The fourth-order valence-electron chi connectivity index (χ4n) is 1.28. The van der Waals surface area contributed by atoms with Crippen molar-refractivity contribution in [3.63, 3.8) is 0 Å². The molecule has 1 amide bonds. The Morgan fingerprint density at radius 2 is 2.00 bits per heavy atom. The van der Waals surface area contributed by atoms with E-state index in [0.717, 1.165) is 5.56 Å². The Hall–Kier alpha value is -1.36. The normalized spacial score (nSPS) is 12.5. The molecule has 0 aliphatic heterocycles. The molecule has 0 unspecified atom stereocenters.